The molecule has 1 N–H and O–H groups in total. The van der Waals surface area contributed by atoms with E-state index in [0.717, 1.165) is 12.1 Å². The van der Waals surface area contributed by atoms with Gasteiger partial charge in [0.1, 0.15) is 5.75 Å². The number of carbonyl (C=O) groups excluding carboxylic acids is 1. The van der Waals surface area contributed by atoms with E-state index in [1.54, 1.807) is 6.92 Å². The maximum Gasteiger partial charge on any atom is 0.450 e. The van der Waals surface area contributed by atoms with Crippen LogP contribution in [0.15, 0.2) is 36.4 Å². The lowest BCUT2D eigenvalue weighted by atomic mass is 10.1. The first kappa shape index (κ1) is 28.5. The fourth-order valence-corrected chi connectivity index (χ4v) is 3.40. The summed E-state index contributed by atoms with van der Waals surface area (Å²) in [6, 6.07) is 3.45. The molecule has 0 saturated heterocycles. The van der Waals surface area contributed by atoms with Crippen LogP contribution in [-0.2, 0) is 25.0 Å². The highest BCUT2D eigenvalue weighted by atomic mass is 32.2. The summed E-state index contributed by atoms with van der Waals surface area (Å²) in [4.78, 5) is 11.4. The van der Waals surface area contributed by atoms with Crippen molar-refractivity contribution in [2.75, 3.05) is 0 Å². The normalized spacial score (nSPS) is 13.1. The Morgan fingerprint density at radius 1 is 1.03 bits per heavy atom. The van der Waals surface area contributed by atoms with Gasteiger partial charge in [0.15, 0.2) is 5.78 Å². The number of Topliss-reactive ketones (excluding diaryl/α,β-unsaturated/α-hetero) is 1. The van der Waals surface area contributed by atoms with Crippen LogP contribution in [0, 0.1) is 11.8 Å². The molecule has 1 aromatic carbocycles. The van der Waals surface area contributed by atoms with Crippen LogP contribution in [0.1, 0.15) is 31.7 Å². The number of rotatable bonds is 10. The van der Waals surface area contributed by atoms with Gasteiger partial charge in [-0.2, -0.15) is 43.2 Å². The number of allylic oxidation sites excluding steroid dienone is 1. The summed E-state index contributed by atoms with van der Waals surface area (Å²) in [6.07, 6.45) is 0.911. The van der Waals surface area contributed by atoms with Crippen molar-refractivity contribution in [3.63, 3.8) is 0 Å². The lowest BCUT2D eigenvalue weighted by Gasteiger charge is -2.29. The van der Waals surface area contributed by atoms with Crippen LogP contribution < -0.4 is 4.18 Å². The van der Waals surface area contributed by atoms with Gasteiger partial charge in [0, 0.05) is 18.4 Å². The van der Waals surface area contributed by atoms with Crippen molar-refractivity contribution in [2.45, 2.75) is 42.6 Å². The van der Waals surface area contributed by atoms with Crippen molar-refractivity contribution >= 4 is 26.0 Å². The largest absolute Gasteiger partial charge is 0.450 e. The molecule has 0 aliphatic carbocycles. The van der Waals surface area contributed by atoms with Crippen LogP contribution in [0.5, 0.6) is 5.75 Å². The third-order valence-corrected chi connectivity index (χ3v) is 6.04. The molecule has 1 aromatic rings. The van der Waals surface area contributed by atoms with Gasteiger partial charge in [-0.3, -0.25) is 9.35 Å². The van der Waals surface area contributed by atoms with Crippen molar-refractivity contribution in [1.29, 1.82) is 0 Å². The predicted molar refractivity (Wildman–Crippen MR) is 103 cm³/mol. The molecule has 15 heteroatoms. The molecule has 33 heavy (non-hydrogen) atoms. The minimum Gasteiger partial charge on any atom is -0.378 e. The van der Waals surface area contributed by atoms with E-state index < -0.39 is 42.4 Å². The Morgan fingerprint density at radius 2 is 1.55 bits per heavy atom. The number of hydrogen-bond donors (Lipinski definition) is 1. The Morgan fingerprint density at radius 3 is 2.00 bits per heavy atom. The summed E-state index contributed by atoms with van der Waals surface area (Å²) in [7, 11) is -14.0. The van der Waals surface area contributed by atoms with E-state index in [9.17, 15) is 48.0 Å². The van der Waals surface area contributed by atoms with Crippen LogP contribution >= 0.6 is 0 Å². The molecule has 0 aliphatic rings. The average Bonchev–Trinajstić information content (AvgIpc) is 2.67. The maximum absolute atomic E-state index is 13.7. The number of unbranched alkanes of at least 4 members (excludes halogenated alkanes) is 1. The second-order valence-corrected chi connectivity index (χ2v) is 9.55. The second-order valence-electron chi connectivity index (χ2n) is 6.50. The van der Waals surface area contributed by atoms with E-state index in [1.165, 1.54) is 0 Å². The quantitative estimate of drug-likeness (QED) is 0.124. The van der Waals surface area contributed by atoms with Gasteiger partial charge in [0.05, 0.1) is 0 Å². The molecule has 0 fully saturated rings. The van der Waals surface area contributed by atoms with Crippen LogP contribution in [0.25, 0.3) is 0 Å². The minimum absolute atomic E-state index is 0.142. The molecule has 0 spiro atoms. The van der Waals surface area contributed by atoms with Gasteiger partial charge in [-0.05, 0) is 43.2 Å². The number of alkyl halides is 6. The Bertz CT molecular complexity index is 1180. The molecule has 0 radical (unpaired) electrons. The van der Waals surface area contributed by atoms with Crippen LogP contribution in [0.4, 0.5) is 26.3 Å². The van der Waals surface area contributed by atoms with Gasteiger partial charge >= 0.3 is 36.7 Å². The van der Waals surface area contributed by atoms with Crippen LogP contribution in [0.3, 0.4) is 0 Å². The Kier molecular flexibility index (Phi) is 8.40. The third kappa shape index (κ3) is 6.06. The van der Waals surface area contributed by atoms with Gasteiger partial charge < -0.3 is 4.18 Å². The maximum atomic E-state index is 13.7. The smallest absolute Gasteiger partial charge is 0.378 e. The summed E-state index contributed by atoms with van der Waals surface area (Å²) in [5.41, 5.74) is 0.583. The molecule has 0 heterocycles. The van der Waals surface area contributed by atoms with E-state index in [4.69, 9.17) is 4.55 Å². The van der Waals surface area contributed by atoms with Gasteiger partial charge in [0.25, 0.3) is 0 Å². The summed E-state index contributed by atoms with van der Waals surface area (Å²) in [5, 5.41) is -13.6. The minimum atomic E-state index is -7.13. The molecular formula is C18H16F6O7S2. The molecule has 7 nitrogen and oxygen atoms in total. The SMILES string of the molecule is C=C(C)C(=O)CCCC#Cc1ccc(OS(=O)(=O)C(F)(F)C(F)(F)C(F)(F)S(=O)(=O)O)cc1. The number of benzene rings is 1. The molecule has 0 unspecified atom stereocenters. The standard InChI is InChI=1S/C18H16F6O7S2/c1-12(2)15(25)7-5-3-4-6-13-8-10-14(11-9-13)31-33(29,30)18(23,24)16(19,20)17(21,22)32(26,27)28/h8-11H,1,3,5,7H2,2H3,(H,26,27,28). The lowest BCUT2D eigenvalue weighted by molar-refractivity contribution is -0.247. The van der Waals surface area contributed by atoms with Crippen LogP contribution in [0.2, 0.25) is 0 Å². The first-order valence-corrected chi connectivity index (χ1v) is 11.4. The van der Waals surface area contributed by atoms with E-state index >= 15 is 0 Å². The van der Waals surface area contributed by atoms with Gasteiger partial charge in [-0.15, -0.1) is 0 Å². The first-order valence-electron chi connectivity index (χ1n) is 8.60. The molecule has 0 aliphatic heterocycles. The Hall–Kier alpha value is -2.57. The van der Waals surface area contributed by atoms with Crippen LogP contribution in [-0.4, -0.2) is 43.6 Å². The van der Waals surface area contributed by atoms with E-state index in [-0.39, 0.29) is 24.2 Å². The van der Waals surface area contributed by atoms with Crippen molar-refractivity contribution < 1.29 is 56.7 Å². The van der Waals surface area contributed by atoms with Crippen molar-refractivity contribution in [1.82, 2.24) is 0 Å². The highest BCUT2D eigenvalue weighted by Gasteiger charge is 2.83. The van der Waals surface area contributed by atoms with Gasteiger partial charge in [-0.1, -0.05) is 18.4 Å². The van der Waals surface area contributed by atoms with Crippen molar-refractivity contribution in [3.05, 3.63) is 42.0 Å². The van der Waals surface area contributed by atoms with Gasteiger partial charge in [-0.25, -0.2) is 0 Å². The number of hydrogen-bond acceptors (Lipinski definition) is 6. The fourth-order valence-electron chi connectivity index (χ4n) is 1.98. The molecule has 0 bridgehead atoms. The zero-order chi connectivity index (χ0) is 25.9. The Balaban J connectivity index is 2.99. The lowest BCUT2D eigenvalue weighted by Crippen LogP contribution is -2.61. The summed E-state index contributed by atoms with van der Waals surface area (Å²) in [5.74, 6) is -3.00. The molecule has 1 rings (SSSR count). The molecule has 0 atom stereocenters. The highest BCUT2D eigenvalue weighted by molar-refractivity contribution is 7.88. The molecule has 184 valence electrons. The molecular weight excluding hydrogens is 506 g/mol. The Labute approximate surface area is 185 Å². The number of halogens is 6. The zero-order valence-electron chi connectivity index (χ0n) is 16.6. The summed E-state index contributed by atoms with van der Waals surface area (Å²) >= 11 is 0. The molecule has 0 aromatic heterocycles. The van der Waals surface area contributed by atoms with E-state index in [1.807, 2.05) is 0 Å². The highest BCUT2D eigenvalue weighted by Crippen LogP contribution is 2.50. The number of ketones is 1. The molecule has 0 saturated carbocycles. The summed E-state index contributed by atoms with van der Waals surface area (Å²) < 4.78 is 137. The molecule has 0 amide bonds. The topological polar surface area (TPSA) is 115 Å². The predicted octanol–water partition coefficient (Wildman–Crippen LogP) is 3.77. The van der Waals surface area contributed by atoms with Gasteiger partial charge in [0.2, 0.25) is 0 Å². The first-order chi connectivity index (χ1) is 14.8. The van der Waals surface area contributed by atoms with E-state index in [0.29, 0.717) is 24.1 Å². The van der Waals surface area contributed by atoms with E-state index in [2.05, 4.69) is 22.6 Å². The average molecular weight is 522 g/mol. The summed E-state index contributed by atoms with van der Waals surface area (Å²) in [6.45, 7) is 5.03. The second kappa shape index (κ2) is 9.74. The number of carbonyl (C=O) groups is 1. The third-order valence-electron chi connectivity index (χ3n) is 3.84. The zero-order valence-corrected chi connectivity index (χ0v) is 18.3. The fraction of sp³-hybridized carbons (Fsp3) is 0.389. The van der Waals surface area contributed by atoms with Crippen molar-refractivity contribution in [3.8, 4) is 17.6 Å². The monoisotopic (exact) mass is 522 g/mol. The van der Waals surface area contributed by atoms with Crippen molar-refractivity contribution in [2.24, 2.45) is 0 Å².